The van der Waals surface area contributed by atoms with Crippen molar-refractivity contribution < 1.29 is 8.78 Å². The second-order valence-electron chi connectivity index (χ2n) is 4.09. The normalized spacial score (nSPS) is 23.1. The van der Waals surface area contributed by atoms with Gasteiger partial charge in [0.25, 0.3) is 6.43 Å². The van der Waals surface area contributed by atoms with Gasteiger partial charge in [0, 0.05) is 0 Å². The summed E-state index contributed by atoms with van der Waals surface area (Å²) in [7, 11) is 0. The van der Waals surface area contributed by atoms with Gasteiger partial charge in [0.15, 0.2) is 0 Å². The number of hydrogen-bond donors (Lipinski definition) is 1. The first-order valence-corrected chi connectivity index (χ1v) is 5.24. The Balaban J connectivity index is 2.25. The summed E-state index contributed by atoms with van der Waals surface area (Å²) < 4.78 is 24.3. The summed E-state index contributed by atoms with van der Waals surface area (Å²) in [6, 6.07) is -0.900. The lowest BCUT2D eigenvalue weighted by Crippen LogP contribution is -2.31. The minimum atomic E-state index is -2.34. The van der Waals surface area contributed by atoms with E-state index < -0.39 is 12.5 Å². The van der Waals surface area contributed by atoms with Crippen molar-refractivity contribution in [3.8, 4) is 0 Å². The van der Waals surface area contributed by atoms with Gasteiger partial charge in [0.1, 0.15) is 0 Å². The molecule has 0 aromatic carbocycles. The van der Waals surface area contributed by atoms with Crippen LogP contribution in [0.25, 0.3) is 0 Å². The van der Waals surface area contributed by atoms with Gasteiger partial charge in [-0.2, -0.15) is 0 Å². The fourth-order valence-electron chi connectivity index (χ4n) is 2.09. The van der Waals surface area contributed by atoms with Crippen molar-refractivity contribution in [1.29, 1.82) is 0 Å². The molecule has 13 heavy (non-hydrogen) atoms. The van der Waals surface area contributed by atoms with E-state index in [2.05, 4.69) is 0 Å². The van der Waals surface area contributed by atoms with Gasteiger partial charge in [-0.05, 0) is 12.3 Å². The average molecular weight is 191 g/mol. The fourth-order valence-corrected chi connectivity index (χ4v) is 2.09. The smallest absolute Gasteiger partial charge is 0.253 e. The molecule has 1 unspecified atom stereocenters. The number of alkyl halides is 2. The summed E-state index contributed by atoms with van der Waals surface area (Å²) in [4.78, 5) is 0. The molecule has 78 valence electrons. The SMILES string of the molecule is NC(CC1CCCCCC1)C(F)F. The molecule has 0 spiro atoms. The van der Waals surface area contributed by atoms with E-state index >= 15 is 0 Å². The first-order valence-electron chi connectivity index (χ1n) is 5.24. The van der Waals surface area contributed by atoms with E-state index in [0.717, 1.165) is 12.8 Å². The Hall–Kier alpha value is -0.180. The summed E-state index contributed by atoms with van der Waals surface area (Å²) in [5.74, 6) is 0.450. The molecule has 0 amide bonds. The molecule has 1 nitrogen and oxygen atoms in total. The zero-order valence-electron chi connectivity index (χ0n) is 8.02. The maximum Gasteiger partial charge on any atom is 0.253 e. The third-order valence-electron chi connectivity index (χ3n) is 2.90. The lowest BCUT2D eigenvalue weighted by atomic mass is 9.93. The number of nitrogens with two attached hydrogens (primary N) is 1. The second-order valence-corrected chi connectivity index (χ2v) is 4.09. The molecule has 0 aromatic rings. The van der Waals surface area contributed by atoms with Crippen LogP contribution in [0.1, 0.15) is 44.9 Å². The van der Waals surface area contributed by atoms with Crippen LogP contribution >= 0.6 is 0 Å². The highest BCUT2D eigenvalue weighted by Gasteiger charge is 2.21. The van der Waals surface area contributed by atoms with Crippen LogP contribution in [0.5, 0.6) is 0 Å². The zero-order chi connectivity index (χ0) is 9.68. The Morgan fingerprint density at radius 2 is 1.62 bits per heavy atom. The molecule has 0 radical (unpaired) electrons. The van der Waals surface area contributed by atoms with Gasteiger partial charge >= 0.3 is 0 Å². The number of halogens is 2. The van der Waals surface area contributed by atoms with Crippen LogP contribution in [-0.2, 0) is 0 Å². The molecule has 0 bridgehead atoms. The summed E-state index contributed by atoms with van der Waals surface area (Å²) in [6.07, 6.45) is 5.28. The molecule has 0 aromatic heterocycles. The molecule has 0 heterocycles. The quantitative estimate of drug-likeness (QED) is 0.682. The van der Waals surface area contributed by atoms with Crippen molar-refractivity contribution in [3.05, 3.63) is 0 Å². The van der Waals surface area contributed by atoms with Crippen LogP contribution < -0.4 is 5.73 Å². The lowest BCUT2D eigenvalue weighted by Gasteiger charge is -2.18. The Bertz CT molecular complexity index is 131. The maximum atomic E-state index is 12.2. The third kappa shape index (κ3) is 4.03. The summed E-state index contributed by atoms with van der Waals surface area (Å²) in [5, 5.41) is 0. The van der Waals surface area contributed by atoms with Gasteiger partial charge in [-0.25, -0.2) is 8.78 Å². The van der Waals surface area contributed by atoms with E-state index in [4.69, 9.17) is 5.73 Å². The van der Waals surface area contributed by atoms with Crippen molar-refractivity contribution in [2.24, 2.45) is 11.7 Å². The Kier molecular flexibility index (Phi) is 4.64. The van der Waals surface area contributed by atoms with Crippen LogP contribution in [0.2, 0.25) is 0 Å². The van der Waals surface area contributed by atoms with Crippen LogP contribution in [0.3, 0.4) is 0 Å². The van der Waals surface area contributed by atoms with Crippen molar-refractivity contribution in [3.63, 3.8) is 0 Å². The van der Waals surface area contributed by atoms with Crippen molar-refractivity contribution in [2.75, 3.05) is 0 Å². The van der Waals surface area contributed by atoms with E-state index in [1.807, 2.05) is 0 Å². The Morgan fingerprint density at radius 1 is 1.08 bits per heavy atom. The minimum absolute atomic E-state index is 0.450. The van der Waals surface area contributed by atoms with Crippen molar-refractivity contribution in [1.82, 2.24) is 0 Å². The van der Waals surface area contributed by atoms with E-state index in [-0.39, 0.29) is 0 Å². The highest BCUT2D eigenvalue weighted by atomic mass is 19.3. The molecule has 0 saturated heterocycles. The molecule has 1 atom stereocenters. The van der Waals surface area contributed by atoms with E-state index in [1.54, 1.807) is 0 Å². The zero-order valence-corrected chi connectivity index (χ0v) is 8.02. The largest absolute Gasteiger partial charge is 0.323 e. The van der Waals surface area contributed by atoms with Crippen LogP contribution in [0.15, 0.2) is 0 Å². The van der Waals surface area contributed by atoms with Gasteiger partial charge in [-0.1, -0.05) is 38.5 Å². The van der Waals surface area contributed by atoms with Gasteiger partial charge in [0.05, 0.1) is 6.04 Å². The molecular formula is C10H19F2N. The highest BCUT2D eigenvalue weighted by molar-refractivity contribution is 4.72. The molecule has 1 fully saturated rings. The molecule has 1 aliphatic carbocycles. The van der Waals surface area contributed by atoms with Crippen LogP contribution in [-0.4, -0.2) is 12.5 Å². The highest BCUT2D eigenvalue weighted by Crippen LogP contribution is 2.27. The number of rotatable bonds is 3. The van der Waals surface area contributed by atoms with Gasteiger partial charge in [-0.15, -0.1) is 0 Å². The van der Waals surface area contributed by atoms with E-state index in [1.165, 1.54) is 25.7 Å². The molecule has 3 heteroatoms. The molecule has 2 N–H and O–H groups in total. The fraction of sp³-hybridized carbons (Fsp3) is 1.00. The summed E-state index contributed by atoms with van der Waals surface area (Å²) >= 11 is 0. The van der Waals surface area contributed by atoms with E-state index in [9.17, 15) is 8.78 Å². The van der Waals surface area contributed by atoms with Crippen molar-refractivity contribution >= 4 is 0 Å². The van der Waals surface area contributed by atoms with Crippen LogP contribution in [0.4, 0.5) is 8.78 Å². The van der Waals surface area contributed by atoms with Gasteiger partial charge in [0.2, 0.25) is 0 Å². The summed E-state index contributed by atoms with van der Waals surface area (Å²) in [6.45, 7) is 0. The average Bonchev–Trinajstić information content (AvgIpc) is 2.32. The van der Waals surface area contributed by atoms with Crippen LogP contribution in [0, 0.1) is 5.92 Å². The third-order valence-corrected chi connectivity index (χ3v) is 2.90. The molecule has 0 aliphatic heterocycles. The lowest BCUT2D eigenvalue weighted by molar-refractivity contribution is 0.102. The maximum absolute atomic E-state index is 12.2. The first kappa shape index (κ1) is 10.9. The predicted molar refractivity (Wildman–Crippen MR) is 49.8 cm³/mol. The molecular weight excluding hydrogens is 172 g/mol. The Morgan fingerprint density at radius 3 is 2.08 bits per heavy atom. The van der Waals surface area contributed by atoms with E-state index in [0.29, 0.717) is 12.3 Å². The van der Waals surface area contributed by atoms with Crippen molar-refractivity contribution in [2.45, 2.75) is 57.4 Å². The molecule has 1 aliphatic rings. The topological polar surface area (TPSA) is 26.0 Å². The van der Waals surface area contributed by atoms with Gasteiger partial charge < -0.3 is 5.73 Å². The minimum Gasteiger partial charge on any atom is -0.323 e. The standard InChI is InChI=1S/C10H19F2N/c11-10(12)9(13)7-8-5-3-1-2-4-6-8/h8-10H,1-7,13H2. The monoisotopic (exact) mass is 191 g/mol. The first-order chi connectivity index (χ1) is 6.20. The predicted octanol–water partition coefficient (Wildman–Crippen LogP) is 2.94. The Labute approximate surface area is 78.7 Å². The molecule has 1 saturated carbocycles. The second kappa shape index (κ2) is 5.53. The molecule has 1 rings (SSSR count). The number of hydrogen-bond acceptors (Lipinski definition) is 1. The summed E-state index contributed by atoms with van der Waals surface area (Å²) in [5.41, 5.74) is 5.35. The van der Waals surface area contributed by atoms with Gasteiger partial charge in [-0.3, -0.25) is 0 Å².